The van der Waals surface area contributed by atoms with Crippen molar-refractivity contribution in [2.75, 3.05) is 5.32 Å². The van der Waals surface area contributed by atoms with E-state index >= 15 is 0 Å². The van der Waals surface area contributed by atoms with Gasteiger partial charge in [-0.25, -0.2) is 9.78 Å². The van der Waals surface area contributed by atoms with Gasteiger partial charge in [-0.3, -0.25) is 4.79 Å². The molecule has 0 spiro atoms. The van der Waals surface area contributed by atoms with Crippen molar-refractivity contribution in [2.24, 2.45) is 0 Å². The van der Waals surface area contributed by atoms with Gasteiger partial charge < -0.3 is 10.4 Å². The highest BCUT2D eigenvalue weighted by atomic mass is 32.2. The number of fused-ring (bicyclic) bond motifs is 1. The van der Waals surface area contributed by atoms with E-state index in [4.69, 9.17) is 5.11 Å². The summed E-state index contributed by atoms with van der Waals surface area (Å²) in [4.78, 5) is 28.0. The number of hydrogen-bond acceptors (Lipinski definition) is 5. The molecule has 3 rings (SSSR count). The van der Waals surface area contributed by atoms with Crippen LogP contribution in [0.15, 0.2) is 35.4 Å². The Balaban J connectivity index is 1.71. The smallest absolute Gasteiger partial charge is 0.335 e. The maximum atomic E-state index is 12.5. The molecule has 0 saturated carbocycles. The Morgan fingerprint density at radius 1 is 1.26 bits per heavy atom. The molecule has 1 aromatic heterocycles. The second-order valence-corrected chi connectivity index (χ2v) is 7.73. The van der Waals surface area contributed by atoms with Gasteiger partial charge in [-0.05, 0) is 68.5 Å². The monoisotopic (exact) mass is 381 g/mol. The molecule has 6 nitrogen and oxygen atoms in total. The van der Waals surface area contributed by atoms with Gasteiger partial charge in [-0.1, -0.05) is 11.8 Å². The van der Waals surface area contributed by atoms with E-state index < -0.39 is 11.2 Å². The first-order valence-electron chi connectivity index (χ1n) is 8.71. The van der Waals surface area contributed by atoms with Crippen molar-refractivity contribution in [1.82, 2.24) is 4.98 Å². The molecular formula is C20H19N3O3S. The number of nitrogens with one attached hydrogen (secondary N) is 1. The van der Waals surface area contributed by atoms with Crippen LogP contribution in [0.3, 0.4) is 0 Å². The fourth-order valence-corrected chi connectivity index (χ4v) is 3.84. The molecule has 1 aromatic carbocycles. The number of anilines is 1. The summed E-state index contributed by atoms with van der Waals surface area (Å²) in [5.74, 6) is -1.24. The van der Waals surface area contributed by atoms with Crippen LogP contribution in [-0.2, 0) is 17.6 Å². The number of rotatable bonds is 5. The molecule has 1 amide bonds. The van der Waals surface area contributed by atoms with Crippen LogP contribution in [0.4, 0.5) is 5.69 Å². The van der Waals surface area contributed by atoms with Crippen LogP contribution in [-0.4, -0.2) is 27.2 Å². The van der Waals surface area contributed by atoms with Crippen molar-refractivity contribution >= 4 is 29.3 Å². The van der Waals surface area contributed by atoms with Gasteiger partial charge in [0.25, 0.3) is 0 Å². The lowest BCUT2D eigenvalue weighted by Crippen LogP contribution is -2.23. The molecule has 1 aliphatic carbocycles. The van der Waals surface area contributed by atoms with Gasteiger partial charge in [0.1, 0.15) is 11.1 Å². The largest absolute Gasteiger partial charge is 0.478 e. The minimum Gasteiger partial charge on any atom is -0.478 e. The van der Waals surface area contributed by atoms with Gasteiger partial charge in [-0.2, -0.15) is 5.26 Å². The van der Waals surface area contributed by atoms with Crippen molar-refractivity contribution < 1.29 is 14.7 Å². The number of nitriles is 1. The highest BCUT2D eigenvalue weighted by molar-refractivity contribution is 8.00. The first-order chi connectivity index (χ1) is 13.0. The first-order valence-corrected chi connectivity index (χ1v) is 9.59. The normalized spacial score (nSPS) is 13.9. The number of aryl methyl sites for hydroxylation is 2. The molecule has 1 unspecified atom stereocenters. The summed E-state index contributed by atoms with van der Waals surface area (Å²) >= 11 is 1.26. The maximum Gasteiger partial charge on any atom is 0.335 e. The Morgan fingerprint density at radius 3 is 2.63 bits per heavy atom. The van der Waals surface area contributed by atoms with Crippen molar-refractivity contribution in [3.05, 3.63) is 52.7 Å². The highest BCUT2D eigenvalue weighted by Crippen LogP contribution is 2.30. The standard InChI is InChI=1S/C20H19N3O3S/c1-12(18(24)22-16-8-6-13(7-9-16)20(25)26)27-19-15(11-21)10-14-4-2-3-5-17(14)23-19/h6-10,12H,2-5H2,1H3,(H,22,24)(H,25,26). The fraction of sp³-hybridized carbons (Fsp3) is 0.300. The fourth-order valence-electron chi connectivity index (χ4n) is 2.95. The van der Waals surface area contributed by atoms with Crippen molar-refractivity contribution in [2.45, 2.75) is 42.9 Å². The Hall–Kier alpha value is -2.85. The van der Waals surface area contributed by atoms with Crippen LogP contribution in [0.25, 0.3) is 0 Å². The molecule has 1 atom stereocenters. The molecule has 138 valence electrons. The molecule has 7 heteroatoms. The SMILES string of the molecule is CC(Sc1nc2c(cc1C#N)CCCC2)C(=O)Nc1ccc(C(=O)O)cc1. The van der Waals surface area contributed by atoms with Crippen LogP contribution in [0.1, 0.15) is 46.9 Å². The molecule has 0 saturated heterocycles. The predicted octanol–water partition coefficient (Wildman–Crippen LogP) is 3.65. The number of carbonyl (C=O) groups excluding carboxylic acids is 1. The topological polar surface area (TPSA) is 103 Å². The predicted molar refractivity (Wildman–Crippen MR) is 103 cm³/mol. The van der Waals surface area contributed by atoms with Crippen LogP contribution < -0.4 is 5.32 Å². The Kier molecular flexibility index (Phi) is 5.77. The third kappa shape index (κ3) is 4.47. The number of pyridine rings is 1. The number of carboxylic acid groups (broad SMARTS) is 1. The minimum absolute atomic E-state index is 0.160. The van der Waals surface area contributed by atoms with E-state index in [-0.39, 0.29) is 11.5 Å². The average Bonchev–Trinajstić information content (AvgIpc) is 2.67. The third-order valence-electron chi connectivity index (χ3n) is 4.44. The molecule has 0 bridgehead atoms. The zero-order valence-corrected chi connectivity index (χ0v) is 15.7. The summed E-state index contributed by atoms with van der Waals surface area (Å²) in [5.41, 5.74) is 3.35. The quantitative estimate of drug-likeness (QED) is 0.766. The molecule has 0 fully saturated rings. The minimum atomic E-state index is -1.01. The summed E-state index contributed by atoms with van der Waals surface area (Å²) in [5, 5.41) is 21.2. The molecular weight excluding hydrogens is 362 g/mol. The second kappa shape index (κ2) is 8.23. The zero-order valence-electron chi connectivity index (χ0n) is 14.9. The van der Waals surface area contributed by atoms with Crippen LogP contribution in [0.2, 0.25) is 0 Å². The highest BCUT2D eigenvalue weighted by Gasteiger charge is 2.20. The van der Waals surface area contributed by atoms with Gasteiger partial charge in [-0.15, -0.1) is 0 Å². The van der Waals surface area contributed by atoms with E-state index in [0.29, 0.717) is 16.3 Å². The number of benzene rings is 1. The number of hydrogen-bond donors (Lipinski definition) is 2. The molecule has 0 aliphatic heterocycles. The number of carboxylic acids is 1. The van der Waals surface area contributed by atoms with E-state index in [1.54, 1.807) is 19.1 Å². The summed E-state index contributed by atoms with van der Waals surface area (Å²) in [7, 11) is 0. The number of amides is 1. The third-order valence-corrected chi connectivity index (χ3v) is 5.55. The number of carbonyl (C=O) groups is 2. The van der Waals surface area contributed by atoms with E-state index in [0.717, 1.165) is 36.9 Å². The molecule has 2 N–H and O–H groups in total. The lowest BCUT2D eigenvalue weighted by Gasteiger charge is -2.18. The molecule has 1 aliphatic rings. The van der Waals surface area contributed by atoms with Crippen molar-refractivity contribution in [3.63, 3.8) is 0 Å². The van der Waals surface area contributed by atoms with Crippen molar-refractivity contribution in [3.8, 4) is 6.07 Å². The van der Waals surface area contributed by atoms with Crippen LogP contribution in [0, 0.1) is 11.3 Å². The summed E-state index contributed by atoms with van der Waals surface area (Å²) in [6, 6.07) is 10.1. The van der Waals surface area contributed by atoms with E-state index in [9.17, 15) is 14.9 Å². The zero-order chi connectivity index (χ0) is 19.4. The van der Waals surface area contributed by atoms with Crippen LogP contribution >= 0.6 is 11.8 Å². The summed E-state index contributed by atoms with van der Waals surface area (Å²) in [6.45, 7) is 1.76. The van der Waals surface area contributed by atoms with Gasteiger partial charge in [0.2, 0.25) is 5.91 Å². The second-order valence-electron chi connectivity index (χ2n) is 6.40. The average molecular weight is 381 g/mol. The number of nitrogens with zero attached hydrogens (tertiary/aromatic N) is 2. The van der Waals surface area contributed by atoms with Gasteiger partial charge >= 0.3 is 5.97 Å². The van der Waals surface area contributed by atoms with Crippen molar-refractivity contribution in [1.29, 1.82) is 5.26 Å². The van der Waals surface area contributed by atoms with E-state index in [1.807, 2.05) is 6.07 Å². The molecule has 0 radical (unpaired) electrons. The van der Waals surface area contributed by atoms with Gasteiger partial charge in [0.15, 0.2) is 0 Å². The molecule has 1 heterocycles. The molecule has 2 aromatic rings. The van der Waals surface area contributed by atoms with Gasteiger partial charge in [0, 0.05) is 11.4 Å². The molecule has 27 heavy (non-hydrogen) atoms. The first kappa shape index (κ1) is 18.9. The lowest BCUT2D eigenvalue weighted by atomic mass is 9.95. The van der Waals surface area contributed by atoms with E-state index in [1.165, 1.54) is 23.9 Å². The summed E-state index contributed by atoms with van der Waals surface area (Å²) in [6.07, 6.45) is 4.07. The Morgan fingerprint density at radius 2 is 1.96 bits per heavy atom. The Bertz CT molecular complexity index is 919. The summed E-state index contributed by atoms with van der Waals surface area (Å²) < 4.78 is 0. The van der Waals surface area contributed by atoms with Crippen LogP contribution in [0.5, 0.6) is 0 Å². The number of aromatic carboxylic acids is 1. The maximum absolute atomic E-state index is 12.5. The lowest BCUT2D eigenvalue weighted by molar-refractivity contribution is -0.115. The van der Waals surface area contributed by atoms with E-state index in [2.05, 4.69) is 16.4 Å². The van der Waals surface area contributed by atoms with Gasteiger partial charge in [0.05, 0.1) is 16.4 Å². The Labute approximate surface area is 161 Å². The number of aromatic nitrogens is 1. The number of thioether (sulfide) groups is 1.